The predicted octanol–water partition coefficient (Wildman–Crippen LogP) is 4.35. The summed E-state index contributed by atoms with van der Waals surface area (Å²) in [4.78, 5) is 27.6. The average Bonchev–Trinajstić information content (AvgIpc) is 3.08. The van der Waals surface area contributed by atoms with E-state index in [1.165, 1.54) is 17.5 Å². The molecule has 1 saturated heterocycles. The quantitative estimate of drug-likeness (QED) is 0.711. The van der Waals surface area contributed by atoms with Crippen molar-refractivity contribution >= 4 is 40.1 Å². The fraction of sp³-hybridized carbons (Fsp3) is 0.526. The summed E-state index contributed by atoms with van der Waals surface area (Å²) in [5.41, 5.74) is -0.476. The van der Waals surface area contributed by atoms with Gasteiger partial charge in [-0.15, -0.1) is 11.8 Å². The molecular weight excluding hydrogens is 408 g/mol. The third-order valence-corrected chi connectivity index (χ3v) is 6.12. The standard InChI is InChI=1S/C19H24N6O2S2/c1-12-22-15(24-17-21-11-14(10-20)29-17)9-16(23-12)28-13-5-7-25(8-6-13)18(26)27-19(2,3)4/h9,11,13H,5-8H2,1-4H3,(H,21,22,23,24). The minimum atomic E-state index is -0.476. The molecule has 1 N–H and O–H groups in total. The van der Waals surface area contributed by atoms with Gasteiger partial charge in [-0.05, 0) is 40.5 Å². The zero-order valence-electron chi connectivity index (χ0n) is 16.9. The summed E-state index contributed by atoms with van der Waals surface area (Å²) in [5.74, 6) is 1.32. The molecule has 0 aromatic carbocycles. The lowest BCUT2D eigenvalue weighted by Crippen LogP contribution is -2.42. The van der Waals surface area contributed by atoms with Gasteiger partial charge in [0, 0.05) is 24.4 Å². The van der Waals surface area contributed by atoms with Crippen LogP contribution in [0.25, 0.3) is 0 Å². The second-order valence-corrected chi connectivity index (χ2v) is 10.0. The molecule has 29 heavy (non-hydrogen) atoms. The molecule has 2 aromatic rings. The summed E-state index contributed by atoms with van der Waals surface area (Å²) < 4.78 is 5.45. The number of piperidine rings is 1. The van der Waals surface area contributed by atoms with Crippen LogP contribution in [-0.2, 0) is 4.74 Å². The lowest BCUT2D eigenvalue weighted by Gasteiger charge is -2.33. The SMILES string of the molecule is Cc1nc(Nc2ncc(C#N)s2)cc(SC2CCN(C(=O)OC(C)(C)C)CC2)n1. The van der Waals surface area contributed by atoms with E-state index in [1.54, 1.807) is 16.7 Å². The van der Waals surface area contributed by atoms with Crippen LogP contribution in [0.5, 0.6) is 0 Å². The van der Waals surface area contributed by atoms with Gasteiger partial charge in [-0.1, -0.05) is 11.3 Å². The van der Waals surface area contributed by atoms with Crippen LogP contribution >= 0.6 is 23.1 Å². The average molecular weight is 433 g/mol. The molecule has 0 atom stereocenters. The van der Waals surface area contributed by atoms with E-state index in [2.05, 4.69) is 26.3 Å². The normalized spacial score (nSPS) is 15.1. The smallest absolute Gasteiger partial charge is 0.410 e. The minimum Gasteiger partial charge on any atom is -0.444 e. The highest BCUT2D eigenvalue weighted by molar-refractivity contribution is 7.99. The molecule has 1 aliphatic rings. The Bertz CT molecular complexity index is 910. The van der Waals surface area contributed by atoms with Crippen molar-refractivity contribution in [2.45, 2.75) is 56.4 Å². The van der Waals surface area contributed by atoms with Gasteiger partial charge >= 0.3 is 6.09 Å². The second kappa shape index (κ2) is 8.97. The summed E-state index contributed by atoms with van der Waals surface area (Å²) in [7, 11) is 0. The number of carbonyl (C=O) groups is 1. The Labute approximate surface area is 178 Å². The number of nitriles is 1. The van der Waals surface area contributed by atoms with Gasteiger partial charge < -0.3 is 15.0 Å². The molecule has 0 aliphatic carbocycles. The molecule has 0 saturated carbocycles. The van der Waals surface area contributed by atoms with E-state index < -0.39 is 5.60 Å². The Morgan fingerprint density at radius 3 is 2.72 bits per heavy atom. The van der Waals surface area contributed by atoms with Gasteiger partial charge in [0.15, 0.2) is 5.13 Å². The maximum atomic E-state index is 12.2. The molecule has 0 radical (unpaired) electrons. The molecule has 0 bridgehead atoms. The topological polar surface area (TPSA) is 104 Å². The molecular formula is C19H24N6O2S2. The molecule has 1 aliphatic heterocycles. The van der Waals surface area contributed by atoms with Gasteiger partial charge in [-0.3, -0.25) is 0 Å². The van der Waals surface area contributed by atoms with E-state index in [9.17, 15) is 4.79 Å². The number of rotatable bonds is 4. The number of carbonyl (C=O) groups excluding carboxylic acids is 1. The van der Waals surface area contributed by atoms with Crippen LogP contribution in [0.4, 0.5) is 15.7 Å². The van der Waals surface area contributed by atoms with Crippen molar-refractivity contribution in [3.8, 4) is 6.07 Å². The largest absolute Gasteiger partial charge is 0.444 e. The Morgan fingerprint density at radius 2 is 2.10 bits per heavy atom. The van der Waals surface area contributed by atoms with Crippen molar-refractivity contribution < 1.29 is 9.53 Å². The maximum absolute atomic E-state index is 12.2. The number of nitrogens with zero attached hydrogens (tertiary/aromatic N) is 5. The van der Waals surface area contributed by atoms with Crippen molar-refractivity contribution in [1.82, 2.24) is 19.9 Å². The summed E-state index contributed by atoms with van der Waals surface area (Å²) in [6.45, 7) is 8.84. The lowest BCUT2D eigenvalue weighted by atomic mass is 10.1. The van der Waals surface area contributed by atoms with Crippen LogP contribution in [0.1, 0.15) is 44.3 Å². The Hall–Kier alpha value is -2.38. The van der Waals surface area contributed by atoms with Gasteiger partial charge in [0.2, 0.25) is 0 Å². The minimum absolute atomic E-state index is 0.245. The maximum Gasteiger partial charge on any atom is 0.410 e. The van der Waals surface area contributed by atoms with Crippen LogP contribution in [0.2, 0.25) is 0 Å². The Kier molecular flexibility index (Phi) is 6.59. The molecule has 10 heteroatoms. The number of likely N-dealkylation sites (tertiary alicyclic amines) is 1. The number of hydrogen-bond acceptors (Lipinski definition) is 9. The highest BCUT2D eigenvalue weighted by Gasteiger charge is 2.27. The third-order valence-electron chi connectivity index (χ3n) is 4.05. The lowest BCUT2D eigenvalue weighted by molar-refractivity contribution is 0.0219. The van der Waals surface area contributed by atoms with Crippen LogP contribution in [0.15, 0.2) is 17.3 Å². The number of aryl methyl sites for hydroxylation is 1. The zero-order chi connectivity index (χ0) is 21.0. The second-order valence-electron chi connectivity index (χ2n) is 7.69. The summed E-state index contributed by atoms with van der Waals surface area (Å²) in [6, 6.07) is 3.97. The van der Waals surface area contributed by atoms with Crippen LogP contribution in [0, 0.1) is 18.3 Å². The van der Waals surface area contributed by atoms with Gasteiger partial charge in [0.25, 0.3) is 0 Å². The van der Waals surface area contributed by atoms with Crippen molar-refractivity contribution in [3.63, 3.8) is 0 Å². The molecule has 154 valence electrons. The number of aromatic nitrogens is 3. The summed E-state index contributed by atoms with van der Waals surface area (Å²) >= 11 is 2.98. The molecule has 0 unspecified atom stereocenters. The first-order valence-electron chi connectivity index (χ1n) is 9.35. The van der Waals surface area contributed by atoms with E-state index in [0.717, 1.165) is 17.9 Å². The van der Waals surface area contributed by atoms with Crippen LogP contribution in [0.3, 0.4) is 0 Å². The highest BCUT2D eigenvalue weighted by Crippen LogP contribution is 2.31. The first kappa shape index (κ1) is 21.3. The molecule has 2 aromatic heterocycles. The predicted molar refractivity (Wildman–Crippen MR) is 114 cm³/mol. The van der Waals surface area contributed by atoms with E-state index in [1.807, 2.05) is 33.8 Å². The van der Waals surface area contributed by atoms with E-state index in [-0.39, 0.29) is 6.09 Å². The van der Waals surface area contributed by atoms with E-state index in [4.69, 9.17) is 10.00 Å². The fourth-order valence-electron chi connectivity index (χ4n) is 2.81. The van der Waals surface area contributed by atoms with E-state index >= 15 is 0 Å². The Morgan fingerprint density at radius 1 is 1.38 bits per heavy atom. The monoisotopic (exact) mass is 432 g/mol. The zero-order valence-corrected chi connectivity index (χ0v) is 18.6. The molecule has 8 nitrogen and oxygen atoms in total. The first-order chi connectivity index (χ1) is 13.7. The van der Waals surface area contributed by atoms with E-state index in [0.29, 0.717) is 40.0 Å². The Balaban J connectivity index is 1.58. The fourth-order valence-corrected chi connectivity index (χ4v) is 4.58. The summed E-state index contributed by atoms with van der Waals surface area (Å²) in [6.07, 6.45) is 3.06. The molecule has 3 heterocycles. The van der Waals surface area contributed by atoms with Gasteiger partial charge in [0.05, 0.1) is 6.20 Å². The van der Waals surface area contributed by atoms with Crippen LogP contribution in [-0.4, -0.2) is 49.9 Å². The highest BCUT2D eigenvalue weighted by atomic mass is 32.2. The number of thiazole rings is 1. The van der Waals surface area contributed by atoms with Crippen molar-refractivity contribution in [2.24, 2.45) is 0 Å². The van der Waals surface area contributed by atoms with Gasteiger partial charge in [-0.25, -0.2) is 19.7 Å². The third kappa shape index (κ3) is 6.30. The van der Waals surface area contributed by atoms with Crippen molar-refractivity contribution in [2.75, 3.05) is 18.4 Å². The van der Waals surface area contributed by atoms with Crippen molar-refractivity contribution in [3.05, 3.63) is 23.0 Å². The first-order valence-corrected chi connectivity index (χ1v) is 11.0. The molecule has 1 amide bonds. The molecule has 0 spiro atoms. The number of amides is 1. The number of hydrogen-bond donors (Lipinski definition) is 1. The molecule has 1 fully saturated rings. The van der Waals surface area contributed by atoms with Crippen LogP contribution < -0.4 is 5.32 Å². The number of ether oxygens (including phenoxy) is 1. The number of thioether (sulfide) groups is 1. The van der Waals surface area contributed by atoms with Gasteiger partial charge in [0.1, 0.15) is 33.2 Å². The number of anilines is 2. The van der Waals surface area contributed by atoms with Gasteiger partial charge in [-0.2, -0.15) is 5.26 Å². The summed E-state index contributed by atoms with van der Waals surface area (Å²) in [5, 5.41) is 14.0. The van der Waals surface area contributed by atoms with Crippen molar-refractivity contribution in [1.29, 1.82) is 5.26 Å². The molecule has 3 rings (SSSR count). The number of nitrogens with one attached hydrogen (secondary N) is 1.